The Labute approximate surface area is 122 Å². The van der Waals surface area contributed by atoms with Crippen molar-refractivity contribution in [3.05, 3.63) is 29.8 Å². The van der Waals surface area contributed by atoms with Crippen molar-refractivity contribution in [2.75, 3.05) is 18.4 Å². The molecule has 110 valence electrons. The number of hydrogen-bond acceptors (Lipinski definition) is 2. The Bertz CT molecular complexity index is 433. The molecule has 0 unspecified atom stereocenters. The third-order valence-corrected chi connectivity index (χ3v) is 4.16. The van der Waals surface area contributed by atoms with Crippen molar-refractivity contribution in [1.82, 2.24) is 4.90 Å². The smallest absolute Gasteiger partial charge is 0.241 e. The molecule has 1 aromatic carbocycles. The summed E-state index contributed by atoms with van der Waals surface area (Å²) in [4.78, 5) is 14.6. The SMILES string of the molecule is CC(C)c1ccc(NC(=O)[C@H](C)N2CCCCC2)cc1. The Morgan fingerprint density at radius 3 is 2.20 bits per heavy atom. The minimum absolute atomic E-state index is 0.0416. The molecular formula is C17H26N2O. The van der Waals surface area contributed by atoms with E-state index in [9.17, 15) is 4.79 Å². The summed E-state index contributed by atoms with van der Waals surface area (Å²) in [6.07, 6.45) is 3.71. The van der Waals surface area contributed by atoms with Gasteiger partial charge in [-0.05, 0) is 56.5 Å². The molecule has 1 heterocycles. The molecule has 3 heteroatoms. The summed E-state index contributed by atoms with van der Waals surface area (Å²) in [5.74, 6) is 0.622. The molecule has 0 aliphatic carbocycles. The molecule has 0 saturated carbocycles. The van der Waals surface area contributed by atoms with Crippen molar-refractivity contribution in [3.63, 3.8) is 0 Å². The first-order valence-corrected chi connectivity index (χ1v) is 7.73. The van der Waals surface area contributed by atoms with Crippen molar-refractivity contribution in [2.24, 2.45) is 0 Å². The Balaban J connectivity index is 1.92. The summed E-state index contributed by atoms with van der Waals surface area (Å²) in [7, 11) is 0. The fraction of sp³-hybridized carbons (Fsp3) is 0.588. The zero-order valence-electron chi connectivity index (χ0n) is 12.9. The van der Waals surface area contributed by atoms with Crippen LogP contribution in [-0.2, 0) is 4.79 Å². The van der Waals surface area contributed by atoms with E-state index in [1.807, 2.05) is 19.1 Å². The number of amides is 1. The number of nitrogens with one attached hydrogen (secondary N) is 1. The van der Waals surface area contributed by atoms with Gasteiger partial charge in [-0.15, -0.1) is 0 Å². The van der Waals surface area contributed by atoms with Crippen molar-refractivity contribution in [2.45, 2.75) is 52.0 Å². The summed E-state index contributed by atoms with van der Waals surface area (Å²) in [5.41, 5.74) is 2.19. The number of likely N-dealkylation sites (tertiary alicyclic amines) is 1. The molecule has 0 bridgehead atoms. The summed E-state index contributed by atoms with van der Waals surface area (Å²) >= 11 is 0. The Kier molecular flexibility index (Phi) is 5.18. The van der Waals surface area contributed by atoms with Gasteiger partial charge in [-0.25, -0.2) is 0 Å². The molecule has 1 aliphatic rings. The summed E-state index contributed by atoms with van der Waals surface area (Å²) in [6.45, 7) is 8.43. The standard InChI is InChI=1S/C17H26N2O/c1-13(2)15-7-9-16(10-8-15)18-17(20)14(3)19-11-5-4-6-12-19/h7-10,13-14H,4-6,11-12H2,1-3H3,(H,18,20)/t14-/m0/s1. The zero-order chi connectivity index (χ0) is 14.5. The number of nitrogens with zero attached hydrogens (tertiary/aromatic N) is 1. The Hall–Kier alpha value is -1.35. The number of carbonyl (C=O) groups excluding carboxylic acids is 1. The minimum Gasteiger partial charge on any atom is -0.325 e. The number of rotatable bonds is 4. The van der Waals surface area contributed by atoms with Gasteiger partial charge in [0, 0.05) is 5.69 Å². The molecule has 3 nitrogen and oxygen atoms in total. The van der Waals surface area contributed by atoms with E-state index in [-0.39, 0.29) is 11.9 Å². The zero-order valence-corrected chi connectivity index (χ0v) is 12.9. The van der Waals surface area contributed by atoms with Gasteiger partial charge in [0.25, 0.3) is 0 Å². The van der Waals surface area contributed by atoms with E-state index in [0.29, 0.717) is 5.92 Å². The van der Waals surface area contributed by atoms with E-state index in [4.69, 9.17) is 0 Å². The summed E-state index contributed by atoms with van der Waals surface area (Å²) in [5, 5.41) is 3.02. The maximum Gasteiger partial charge on any atom is 0.241 e. The lowest BCUT2D eigenvalue weighted by Gasteiger charge is -2.31. The predicted molar refractivity (Wildman–Crippen MR) is 84.0 cm³/mol. The topological polar surface area (TPSA) is 32.3 Å². The first kappa shape index (κ1) is 15.0. The third-order valence-electron chi connectivity index (χ3n) is 4.16. The van der Waals surface area contributed by atoms with E-state index in [2.05, 4.69) is 36.2 Å². The normalized spacial score (nSPS) is 18.0. The van der Waals surface area contributed by atoms with Crippen LogP contribution in [0.3, 0.4) is 0 Å². The third kappa shape index (κ3) is 3.83. The largest absolute Gasteiger partial charge is 0.325 e. The van der Waals surface area contributed by atoms with Crippen molar-refractivity contribution < 1.29 is 4.79 Å². The molecule has 2 rings (SSSR count). The molecule has 0 aromatic heterocycles. The number of hydrogen-bond donors (Lipinski definition) is 1. The highest BCUT2D eigenvalue weighted by atomic mass is 16.2. The van der Waals surface area contributed by atoms with Crippen molar-refractivity contribution in [1.29, 1.82) is 0 Å². The maximum atomic E-state index is 12.3. The molecule has 1 N–H and O–H groups in total. The maximum absolute atomic E-state index is 12.3. The minimum atomic E-state index is -0.0416. The van der Waals surface area contributed by atoms with Gasteiger partial charge >= 0.3 is 0 Å². The Morgan fingerprint density at radius 2 is 1.65 bits per heavy atom. The van der Waals surface area contributed by atoms with Crippen LogP contribution in [0.25, 0.3) is 0 Å². The van der Waals surface area contributed by atoms with Crippen LogP contribution in [0.15, 0.2) is 24.3 Å². The quantitative estimate of drug-likeness (QED) is 0.909. The molecular weight excluding hydrogens is 248 g/mol. The molecule has 1 atom stereocenters. The second-order valence-corrected chi connectivity index (χ2v) is 6.04. The summed E-state index contributed by atoms with van der Waals surface area (Å²) in [6, 6.07) is 8.13. The van der Waals surface area contributed by atoms with E-state index < -0.39 is 0 Å². The molecule has 1 aliphatic heterocycles. The first-order valence-electron chi connectivity index (χ1n) is 7.73. The van der Waals surface area contributed by atoms with Crippen LogP contribution in [0, 0.1) is 0 Å². The molecule has 1 aromatic rings. The Morgan fingerprint density at radius 1 is 1.05 bits per heavy atom. The molecule has 1 saturated heterocycles. The number of carbonyl (C=O) groups is 1. The van der Waals surface area contributed by atoms with Crippen LogP contribution in [0.2, 0.25) is 0 Å². The van der Waals surface area contributed by atoms with Crippen LogP contribution in [0.5, 0.6) is 0 Å². The molecule has 0 spiro atoms. The average molecular weight is 274 g/mol. The number of benzene rings is 1. The van der Waals surface area contributed by atoms with Gasteiger partial charge in [0.05, 0.1) is 6.04 Å². The average Bonchev–Trinajstić information content (AvgIpc) is 2.48. The molecule has 20 heavy (non-hydrogen) atoms. The van der Waals surface area contributed by atoms with Gasteiger partial charge in [0.1, 0.15) is 0 Å². The van der Waals surface area contributed by atoms with Crippen LogP contribution in [0.1, 0.15) is 51.5 Å². The monoisotopic (exact) mass is 274 g/mol. The van der Waals surface area contributed by atoms with Crippen LogP contribution < -0.4 is 5.32 Å². The lowest BCUT2D eigenvalue weighted by atomic mass is 10.0. The lowest BCUT2D eigenvalue weighted by Crippen LogP contribution is -2.44. The lowest BCUT2D eigenvalue weighted by molar-refractivity contribution is -0.121. The van der Waals surface area contributed by atoms with Gasteiger partial charge in [-0.1, -0.05) is 32.4 Å². The highest BCUT2D eigenvalue weighted by molar-refractivity contribution is 5.94. The highest BCUT2D eigenvalue weighted by Gasteiger charge is 2.22. The predicted octanol–water partition coefficient (Wildman–Crippen LogP) is 3.62. The fourth-order valence-corrected chi connectivity index (χ4v) is 2.67. The van der Waals surface area contributed by atoms with Crippen molar-refractivity contribution >= 4 is 11.6 Å². The molecule has 1 amide bonds. The van der Waals surface area contributed by atoms with Gasteiger partial charge in [0.15, 0.2) is 0 Å². The van der Waals surface area contributed by atoms with Crippen molar-refractivity contribution in [3.8, 4) is 0 Å². The highest BCUT2D eigenvalue weighted by Crippen LogP contribution is 2.18. The van der Waals surface area contributed by atoms with Crippen LogP contribution in [0.4, 0.5) is 5.69 Å². The second-order valence-electron chi connectivity index (χ2n) is 6.04. The van der Waals surface area contributed by atoms with Crippen LogP contribution >= 0.6 is 0 Å². The second kappa shape index (κ2) is 6.89. The van der Waals surface area contributed by atoms with Gasteiger partial charge < -0.3 is 5.32 Å². The van der Waals surface area contributed by atoms with Gasteiger partial charge in [-0.2, -0.15) is 0 Å². The van der Waals surface area contributed by atoms with E-state index in [1.165, 1.54) is 24.8 Å². The van der Waals surface area contributed by atoms with E-state index >= 15 is 0 Å². The number of anilines is 1. The fourth-order valence-electron chi connectivity index (χ4n) is 2.67. The van der Waals surface area contributed by atoms with E-state index in [0.717, 1.165) is 18.8 Å². The number of piperidine rings is 1. The molecule has 0 radical (unpaired) electrons. The first-order chi connectivity index (χ1) is 9.58. The van der Waals surface area contributed by atoms with Gasteiger partial charge in [-0.3, -0.25) is 9.69 Å². The summed E-state index contributed by atoms with van der Waals surface area (Å²) < 4.78 is 0. The molecule has 1 fully saturated rings. The van der Waals surface area contributed by atoms with E-state index in [1.54, 1.807) is 0 Å². The van der Waals surface area contributed by atoms with Crippen LogP contribution in [-0.4, -0.2) is 29.9 Å². The van der Waals surface area contributed by atoms with Gasteiger partial charge in [0.2, 0.25) is 5.91 Å².